The molecular weight excluding hydrogens is 368 g/mol. The standard InChI is InChI=1S/C23H22F4O/c1-2-3-4-5-16-6-8-17(9-7-16)18-10-12-20-19(14-18)11-13-21(22(20)24)28-15-23(25,26)27/h6-14H,2-5,15H2,1H3. The van der Waals surface area contributed by atoms with E-state index in [2.05, 4.69) is 23.8 Å². The number of alkyl halides is 3. The van der Waals surface area contributed by atoms with Crippen molar-refractivity contribution >= 4 is 10.8 Å². The van der Waals surface area contributed by atoms with Gasteiger partial charge in [-0.1, -0.05) is 62.2 Å². The third-order valence-electron chi connectivity index (χ3n) is 4.67. The third kappa shape index (κ3) is 5.03. The van der Waals surface area contributed by atoms with Crippen molar-refractivity contribution in [2.75, 3.05) is 6.61 Å². The van der Waals surface area contributed by atoms with Crippen LogP contribution in [0.15, 0.2) is 54.6 Å². The van der Waals surface area contributed by atoms with Gasteiger partial charge in [-0.15, -0.1) is 0 Å². The summed E-state index contributed by atoms with van der Waals surface area (Å²) in [4.78, 5) is 0. The van der Waals surface area contributed by atoms with E-state index in [1.54, 1.807) is 18.2 Å². The van der Waals surface area contributed by atoms with Crippen LogP contribution in [-0.4, -0.2) is 12.8 Å². The smallest absolute Gasteiger partial charge is 0.422 e. The van der Waals surface area contributed by atoms with Crippen LogP contribution in [0.5, 0.6) is 5.75 Å². The molecule has 0 N–H and O–H groups in total. The van der Waals surface area contributed by atoms with Gasteiger partial charge in [0, 0.05) is 5.39 Å². The van der Waals surface area contributed by atoms with Gasteiger partial charge in [0.25, 0.3) is 0 Å². The molecule has 148 valence electrons. The number of aryl methyl sites for hydroxylation is 1. The second kappa shape index (κ2) is 8.63. The Morgan fingerprint density at radius 3 is 2.25 bits per heavy atom. The first-order valence-corrected chi connectivity index (χ1v) is 9.38. The first-order chi connectivity index (χ1) is 13.4. The maximum Gasteiger partial charge on any atom is 0.422 e. The molecule has 28 heavy (non-hydrogen) atoms. The Kier molecular flexibility index (Phi) is 6.22. The summed E-state index contributed by atoms with van der Waals surface area (Å²) < 4.78 is 55.9. The minimum atomic E-state index is -4.51. The molecule has 0 spiro atoms. The van der Waals surface area contributed by atoms with Gasteiger partial charge in [-0.25, -0.2) is 4.39 Å². The van der Waals surface area contributed by atoms with Crippen LogP contribution in [0.4, 0.5) is 17.6 Å². The molecular formula is C23H22F4O. The van der Waals surface area contributed by atoms with Gasteiger partial charge >= 0.3 is 6.18 Å². The second-order valence-corrected chi connectivity index (χ2v) is 6.87. The molecule has 0 atom stereocenters. The van der Waals surface area contributed by atoms with Crippen molar-refractivity contribution in [3.63, 3.8) is 0 Å². The quantitative estimate of drug-likeness (QED) is 0.303. The average Bonchev–Trinajstić information content (AvgIpc) is 2.67. The summed E-state index contributed by atoms with van der Waals surface area (Å²) in [5.41, 5.74) is 3.23. The van der Waals surface area contributed by atoms with Crippen LogP contribution in [0.1, 0.15) is 31.7 Å². The Morgan fingerprint density at radius 1 is 0.857 bits per heavy atom. The van der Waals surface area contributed by atoms with E-state index in [0.29, 0.717) is 5.39 Å². The van der Waals surface area contributed by atoms with Crippen molar-refractivity contribution in [1.29, 1.82) is 0 Å². The summed E-state index contributed by atoms with van der Waals surface area (Å²) in [5, 5.41) is 0.848. The van der Waals surface area contributed by atoms with Crippen molar-refractivity contribution in [2.45, 2.75) is 38.8 Å². The van der Waals surface area contributed by atoms with Crippen molar-refractivity contribution in [2.24, 2.45) is 0 Å². The highest BCUT2D eigenvalue weighted by Crippen LogP contribution is 2.31. The summed E-state index contributed by atoms with van der Waals surface area (Å²) in [6.45, 7) is 0.662. The zero-order valence-electron chi connectivity index (χ0n) is 15.7. The van der Waals surface area contributed by atoms with E-state index >= 15 is 0 Å². The van der Waals surface area contributed by atoms with Crippen LogP contribution in [0.3, 0.4) is 0 Å². The molecule has 0 heterocycles. The monoisotopic (exact) mass is 390 g/mol. The topological polar surface area (TPSA) is 9.23 Å². The van der Waals surface area contributed by atoms with E-state index in [0.717, 1.165) is 17.5 Å². The molecule has 1 nitrogen and oxygen atoms in total. The van der Waals surface area contributed by atoms with Gasteiger partial charge in [-0.05, 0) is 47.1 Å². The first kappa shape index (κ1) is 20.2. The second-order valence-electron chi connectivity index (χ2n) is 6.87. The first-order valence-electron chi connectivity index (χ1n) is 9.38. The predicted octanol–water partition coefficient (Wildman–Crippen LogP) is 7.32. The number of benzene rings is 3. The SMILES string of the molecule is CCCCCc1ccc(-c2ccc3c(F)c(OCC(F)(F)F)ccc3c2)cc1. The van der Waals surface area contributed by atoms with Crippen LogP contribution in [-0.2, 0) is 6.42 Å². The van der Waals surface area contributed by atoms with Gasteiger partial charge in [0.1, 0.15) is 0 Å². The molecule has 0 bridgehead atoms. The minimum absolute atomic E-state index is 0.236. The van der Waals surface area contributed by atoms with Crippen molar-refractivity contribution in [3.05, 3.63) is 66.0 Å². The number of rotatable bonds is 7. The highest BCUT2D eigenvalue weighted by Gasteiger charge is 2.29. The molecule has 0 aliphatic rings. The normalized spacial score (nSPS) is 11.8. The minimum Gasteiger partial charge on any atom is -0.481 e. The summed E-state index contributed by atoms with van der Waals surface area (Å²) in [6.07, 6.45) is 0.122. The maximum absolute atomic E-state index is 14.5. The van der Waals surface area contributed by atoms with Gasteiger partial charge in [-0.2, -0.15) is 13.2 Å². The van der Waals surface area contributed by atoms with Gasteiger partial charge in [-0.3, -0.25) is 0 Å². The summed E-state index contributed by atoms with van der Waals surface area (Å²) >= 11 is 0. The van der Waals surface area contributed by atoms with Gasteiger partial charge in [0.05, 0.1) is 0 Å². The zero-order valence-corrected chi connectivity index (χ0v) is 15.7. The van der Waals surface area contributed by atoms with Crippen molar-refractivity contribution in [1.82, 2.24) is 0 Å². The molecule has 0 aliphatic carbocycles. The largest absolute Gasteiger partial charge is 0.481 e. The number of ether oxygens (including phenoxy) is 1. The Balaban J connectivity index is 1.80. The number of hydrogen-bond donors (Lipinski definition) is 0. The summed E-state index contributed by atoms with van der Waals surface area (Å²) in [6, 6.07) is 16.3. The number of unbranched alkanes of at least 4 members (excludes halogenated alkanes) is 2. The molecule has 3 aromatic rings. The molecule has 3 aromatic carbocycles. The van der Waals surface area contributed by atoms with Crippen LogP contribution in [0.25, 0.3) is 21.9 Å². The van der Waals surface area contributed by atoms with Crippen LogP contribution in [0, 0.1) is 5.82 Å². The van der Waals surface area contributed by atoms with Gasteiger partial charge < -0.3 is 4.74 Å². The van der Waals surface area contributed by atoms with E-state index in [-0.39, 0.29) is 5.39 Å². The molecule has 0 fully saturated rings. The lowest BCUT2D eigenvalue weighted by Crippen LogP contribution is -2.19. The molecule has 0 unspecified atom stereocenters. The highest BCUT2D eigenvalue weighted by atomic mass is 19.4. The molecule has 5 heteroatoms. The van der Waals surface area contributed by atoms with E-state index in [1.807, 2.05) is 18.2 Å². The molecule has 0 amide bonds. The van der Waals surface area contributed by atoms with E-state index in [1.165, 1.54) is 30.9 Å². The Hall–Kier alpha value is -2.56. The molecule has 0 aliphatic heterocycles. The lowest BCUT2D eigenvalue weighted by atomic mass is 9.98. The predicted molar refractivity (Wildman–Crippen MR) is 104 cm³/mol. The Labute approximate surface area is 162 Å². The highest BCUT2D eigenvalue weighted by molar-refractivity contribution is 5.89. The number of halogens is 4. The van der Waals surface area contributed by atoms with Crippen molar-refractivity contribution < 1.29 is 22.3 Å². The fourth-order valence-corrected chi connectivity index (χ4v) is 3.17. The van der Waals surface area contributed by atoms with E-state index < -0.39 is 24.3 Å². The lowest BCUT2D eigenvalue weighted by molar-refractivity contribution is -0.153. The van der Waals surface area contributed by atoms with E-state index in [9.17, 15) is 17.6 Å². The molecule has 0 radical (unpaired) electrons. The average molecular weight is 390 g/mol. The fourth-order valence-electron chi connectivity index (χ4n) is 3.17. The maximum atomic E-state index is 14.5. The van der Waals surface area contributed by atoms with Gasteiger partial charge in [0.2, 0.25) is 0 Å². The number of fused-ring (bicyclic) bond motifs is 1. The van der Waals surface area contributed by atoms with Crippen LogP contribution >= 0.6 is 0 Å². The summed E-state index contributed by atoms with van der Waals surface area (Å²) in [5.74, 6) is -1.17. The lowest BCUT2D eigenvalue weighted by Gasteiger charge is -2.12. The molecule has 0 saturated heterocycles. The Bertz CT molecular complexity index is 930. The van der Waals surface area contributed by atoms with Gasteiger partial charge in [0.15, 0.2) is 18.2 Å². The fraction of sp³-hybridized carbons (Fsp3) is 0.304. The molecule has 0 saturated carbocycles. The zero-order chi connectivity index (χ0) is 20.1. The number of hydrogen-bond acceptors (Lipinski definition) is 1. The van der Waals surface area contributed by atoms with Crippen LogP contribution < -0.4 is 4.74 Å². The van der Waals surface area contributed by atoms with Crippen LogP contribution in [0.2, 0.25) is 0 Å². The van der Waals surface area contributed by atoms with E-state index in [4.69, 9.17) is 0 Å². The Morgan fingerprint density at radius 2 is 1.57 bits per heavy atom. The third-order valence-corrected chi connectivity index (χ3v) is 4.67. The molecule has 3 rings (SSSR count). The molecule has 0 aromatic heterocycles. The van der Waals surface area contributed by atoms with Crippen molar-refractivity contribution in [3.8, 4) is 16.9 Å². The summed E-state index contributed by atoms with van der Waals surface area (Å²) in [7, 11) is 0.